The summed E-state index contributed by atoms with van der Waals surface area (Å²) in [6, 6.07) is 8.36. The van der Waals surface area contributed by atoms with E-state index in [2.05, 4.69) is 41.8 Å². The molecule has 108 valence electrons. The molecule has 1 N–H and O–H groups in total. The summed E-state index contributed by atoms with van der Waals surface area (Å²) in [5.41, 5.74) is 0. The Hall–Kier alpha value is -0.490. The average molecular weight is 377 g/mol. The molecule has 19 heavy (non-hydrogen) atoms. The van der Waals surface area contributed by atoms with E-state index < -0.39 is 0 Å². The van der Waals surface area contributed by atoms with Crippen LogP contribution in [0.5, 0.6) is 11.5 Å². The number of halogens is 1. The molecule has 0 bridgehead atoms. The van der Waals surface area contributed by atoms with Crippen molar-refractivity contribution in [3.63, 3.8) is 0 Å². The van der Waals surface area contributed by atoms with Gasteiger partial charge in [0.25, 0.3) is 0 Å². The fourth-order valence-corrected chi connectivity index (χ4v) is 3.05. The van der Waals surface area contributed by atoms with Crippen LogP contribution in [0.4, 0.5) is 0 Å². The van der Waals surface area contributed by atoms with Crippen molar-refractivity contribution in [2.24, 2.45) is 5.92 Å². The average Bonchev–Trinajstić information content (AvgIpc) is 2.40. The van der Waals surface area contributed by atoms with Gasteiger partial charge in [-0.1, -0.05) is 48.6 Å². The van der Waals surface area contributed by atoms with E-state index in [0.717, 1.165) is 22.5 Å². The van der Waals surface area contributed by atoms with Crippen LogP contribution in [0.25, 0.3) is 0 Å². The highest BCUT2D eigenvalue weighted by Crippen LogP contribution is 2.26. The van der Waals surface area contributed by atoms with E-state index in [-0.39, 0.29) is 0 Å². The zero-order valence-corrected chi connectivity index (χ0v) is 14.1. The van der Waals surface area contributed by atoms with Crippen molar-refractivity contribution in [1.29, 1.82) is 0 Å². The Balaban J connectivity index is 2.36. The van der Waals surface area contributed by atoms with Crippen LogP contribution in [-0.4, -0.2) is 30.2 Å². The van der Waals surface area contributed by atoms with Crippen molar-refractivity contribution >= 4 is 22.6 Å². The molecule has 0 saturated heterocycles. The second-order valence-electron chi connectivity index (χ2n) is 4.69. The first kappa shape index (κ1) is 16.6. The molecule has 0 radical (unpaired) electrons. The molecule has 1 rings (SSSR count). The first-order valence-electron chi connectivity index (χ1n) is 6.83. The predicted octanol–water partition coefficient (Wildman–Crippen LogP) is 3.51. The zero-order valence-electron chi connectivity index (χ0n) is 12.0. The van der Waals surface area contributed by atoms with E-state index in [1.165, 1.54) is 0 Å². The molecule has 0 aliphatic heterocycles. The normalized spacial score (nSPS) is 12.5. The minimum absolute atomic E-state index is 0.548. The molecule has 3 nitrogen and oxygen atoms in total. The Morgan fingerprint density at radius 1 is 1.16 bits per heavy atom. The third kappa shape index (κ3) is 5.99. The molecule has 0 aliphatic rings. The summed E-state index contributed by atoms with van der Waals surface area (Å²) in [7, 11) is 0. The Labute approximate surface area is 130 Å². The van der Waals surface area contributed by atoms with E-state index in [4.69, 9.17) is 9.47 Å². The van der Waals surface area contributed by atoms with E-state index in [9.17, 15) is 0 Å². The van der Waals surface area contributed by atoms with E-state index in [1.54, 1.807) is 0 Å². The van der Waals surface area contributed by atoms with Gasteiger partial charge in [-0.3, -0.25) is 0 Å². The van der Waals surface area contributed by atoms with Crippen LogP contribution in [0, 0.1) is 5.92 Å². The van der Waals surface area contributed by atoms with Gasteiger partial charge in [-0.15, -0.1) is 0 Å². The monoisotopic (exact) mass is 377 g/mol. The van der Waals surface area contributed by atoms with Crippen LogP contribution in [0.2, 0.25) is 0 Å². The molecule has 1 atom stereocenters. The smallest absolute Gasteiger partial charge is 0.161 e. The topological polar surface area (TPSA) is 30.5 Å². The van der Waals surface area contributed by atoms with E-state index >= 15 is 0 Å². The third-order valence-corrected chi connectivity index (χ3v) is 3.84. The molecule has 0 saturated carbocycles. The van der Waals surface area contributed by atoms with Gasteiger partial charge in [-0.25, -0.2) is 0 Å². The first-order chi connectivity index (χ1) is 9.19. The maximum absolute atomic E-state index is 5.77. The SMILES string of the molecule is CCOc1ccccc1OCCNC(CI)C(C)C. The highest BCUT2D eigenvalue weighted by atomic mass is 127. The largest absolute Gasteiger partial charge is 0.490 e. The summed E-state index contributed by atoms with van der Waals surface area (Å²) in [5, 5.41) is 3.52. The Kier molecular flexibility index (Phi) is 8.21. The van der Waals surface area contributed by atoms with Gasteiger partial charge in [-0.05, 0) is 25.0 Å². The Bertz CT molecular complexity index is 358. The second kappa shape index (κ2) is 9.42. The summed E-state index contributed by atoms with van der Waals surface area (Å²) >= 11 is 2.42. The maximum atomic E-state index is 5.77. The number of benzene rings is 1. The first-order valence-corrected chi connectivity index (χ1v) is 8.35. The maximum Gasteiger partial charge on any atom is 0.161 e. The standard InChI is InChI=1S/C15H24INO2/c1-4-18-14-7-5-6-8-15(14)19-10-9-17-13(11-16)12(2)3/h5-8,12-13,17H,4,9-11H2,1-3H3. The van der Waals surface area contributed by atoms with Crippen molar-refractivity contribution in [1.82, 2.24) is 5.32 Å². The molecule has 1 unspecified atom stereocenters. The molecule has 0 fully saturated rings. The van der Waals surface area contributed by atoms with Gasteiger partial charge < -0.3 is 14.8 Å². The minimum Gasteiger partial charge on any atom is -0.490 e. The quantitative estimate of drug-likeness (QED) is 0.406. The second-order valence-corrected chi connectivity index (χ2v) is 5.57. The molecule has 1 aromatic rings. The number of alkyl halides is 1. The summed E-state index contributed by atoms with van der Waals surface area (Å²) < 4.78 is 12.4. The molecular formula is C15H24INO2. The molecule has 0 aromatic heterocycles. The summed E-state index contributed by atoms with van der Waals surface area (Å²) in [6.07, 6.45) is 0. The molecule has 0 spiro atoms. The van der Waals surface area contributed by atoms with Crippen molar-refractivity contribution in [2.75, 3.05) is 24.2 Å². The summed E-state index contributed by atoms with van der Waals surface area (Å²) in [4.78, 5) is 0. The summed E-state index contributed by atoms with van der Waals surface area (Å²) in [5.74, 6) is 2.29. The fourth-order valence-electron chi connectivity index (χ4n) is 1.72. The highest BCUT2D eigenvalue weighted by Gasteiger charge is 2.10. The van der Waals surface area contributed by atoms with Gasteiger partial charge in [0, 0.05) is 17.0 Å². The van der Waals surface area contributed by atoms with Crippen LogP contribution < -0.4 is 14.8 Å². The van der Waals surface area contributed by atoms with Gasteiger partial charge in [0.15, 0.2) is 11.5 Å². The van der Waals surface area contributed by atoms with E-state index in [1.807, 2.05) is 31.2 Å². The fraction of sp³-hybridized carbons (Fsp3) is 0.600. The lowest BCUT2D eigenvalue weighted by molar-refractivity contribution is 0.269. The van der Waals surface area contributed by atoms with Crippen LogP contribution in [0.3, 0.4) is 0 Å². The molecule has 0 heterocycles. The van der Waals surface area contributed by atoms with Crippen LogP contribution in [0.15, 0.2) is 24.3 Å². The van der Waals surface area contributed by atoms with Gasteiger partial charge in [0.1, 0.15) is 6.61 Å². The lowest BCUT2D eigenvalue weighted by atomic mass is 10.1. The highest BCUT2D eigenvalue weighted by molar-refractivity contribution is 14.1. The van der Waals surface area contributed by atoms with Gasteiger partial charge in [-0.2, -0.15) is 0 Å². The molecule has 0 aliphatic carbocycles. The lowest BCUT2D eigenvalue weighted by Crippen LogP contribution is -2.37. The lowest BCUT2D eigenvalue weighted by Gasteiger charge is -2.20. The van der Waals surface area contributed by atoms with Gasteiger partial charge in [0.05, 0.1) is 6.61 Å². The molecule has 1 aromatic carbocycles. The number of hydrogen-bond donors (Lipinski definition) is 1. The van der Waals surface area contributed by atoms with E-state index in [0.29, 0.717) is 25.2 Å². The zero-order chi connectivity index (χ0) is 14.1. The summed E-state index contributed by atoms with van der Waals surface area (Å²) in [6.45, 7) is 8.62. The van der Waals surface area contributed by atoms with Crippen molar-refractivity contribution in [2.45, 2.75) is 26.8 Å². The van der Waals surface area contributed by atoms with Gasteiger partial charge in [0.2, 0.25) is 0 Å². The molecule has 0 amide bonds. The Morgan fingerprint density at radius 3 is 2.32 bits per heavy atom. The van der Waals surface area contributed by atoms with Crippen LogP contribution in [-0.2, 0) is 0 Å². The minimum atomic E-state index is 0.548. The Morgan fingerprint density at radius 2 is 1.79 bits per heavy atom. The third-order valence-electron chi connectivity index (χ3n) is 2.89. The molecular weight excluding hydrogens is 353 g/mol. The number of para-hydroxylation sites is 2. The molecule has 4 heteroatoms. The van der Waals surface area contributed by atoms with Crippen molar-refractivity contribution in [3.8, 4) is 11.5 Å². The number of rotatable bonds is 9. The number of ether oxygens (including phenoxy) is 2. The number of hydrogen-bond acceptors (Lipinski definition) is 3. The van der Waals surface area contributed by atoms with Crippen LogP contribution >= 0.6 is 22.6 Å². The van der Waals surface area contributed by atoms with Gasteiger partial charge >= 0.3 is 0 Å². The van der Waals surface area contributed by atoms with Crippen molar-refractivity contribution < 1.29 is 9.47 Å². The predicted molar refractivity (Wildman–Crippen MR) is 88.6 cm³/mol. The van der Waals surface area contributed by atoms with Crippen LogP contribution in [0.1, 0.15) is 20.8 Å². The van der Waals surface area contributed by atoms with Crippen molar-refractivity contribution in [3.05, 3.63) is 24.3 Å². The number of nitrogens with one attached hydrogen (secondary N) is 1.